The van der Waals surface area contributed by atoms with Gasteiger partial charge in [0.2, 0.25) is 0 Å². The largest absolute Gasteiger partial charge is 0.491 e. The molecule has 22 heavy (non-hydrogen) atoms. The summed E-state index contributed by atoms with van der Waals surface area (Å²) in [4.78, 5) is 12.4. The Balaban J connectivity index is 2.23. The van der Waals surface area contributed by atoms with E-state index in [9.17, 15) is 4.79 Å². The van der Waals surface area contributed by atoms with Crippen LogP contribution in [-0.4, -0.2) is 12.0 Å². The van der Waals surface area contributed by atoms with Crippen LogP contribution in [0.1, 0.15) is 29.8 Å². The van der Waals surface area contributed by atoms with Crippen LogP contribution in [0.25, 0.3) is 0 Å². The van der Waals surface area contributed by atoms with Crippen LogP contribution in [0.4, 0.5) is 11.4 Å². The third-order valence-electron chi connectivity index (χ3n) is 3.02. The second kappa shape index (κ2) is 6.83. The minimum absolute atomic E-state index is 0.0619. The minimum atomic E-state index is -0.192. The lowest BCUT2D eigenvalue weighted by Gasteiger charge is -2.13. The number of carbonyl (C=O) groups excluding carboxylic acids is 1. The van der Waals surface area contributed by atoms with E-state index >= 15 is 0 Å². The molecular formula is C17H19BrN2O2. The Morgan fingerprint density at radius 3 is 2.64 bits per heavy atom. The van der Waals surface area contributed by atoms with Crippen molar-refractivity contribution in [1.82, 2.24) is 0 Å². The predicted octanol–water partition coefficient (Wildman–Crippen LogP) is 4.38. The lowest BCUT2D eigenvalue weighted by atomic mass is 10.1. The maximum Gasteiger partial charge on any atom is 0.255 e. The molecule has 0 radical (unpaired) electrons. The third kappa shape index (κ3) is 4.01. The molecule has 0 saturated heterocycles. The second-order valence-electron chi connectivity index (χ2n) is 5.34. The molecule has 0 bridgehead atoms. The summed E-state index contributed by atoms with van der Waals surface area (Å²) in [5.41, 5.74) is 8.58. The van der Waals surface area contributed by atoms with Crippen molar-refractivity contribution in [3.63, 3.8) is 0 Å². The minimum Gasteiger partial charge on any atom is -0.491 e. The highest BCUT2D eigenvalue weighted by atomic mass is 79.9. The summed E-state index contributed by atoms with van der Waals surface area (Å²) in [6.07, 6.45) is 0.0619. The molecule has 0 fully saturated rings. The van der Waals surface area contributed by atoms with Gasteiger partial charge in [-0.05, 0) is 72.6 Å². The predicted molar refractivity (Wildman–Crippen MR) is 93.5 cm³/mol. The quantitative estimate of drug-likeness (QED) is 0.793. The Kier molecular flexibility index (Phi) is 5.08. The highest BCUT2D eigenvalue weighted by Gasteiger charge is 2.12. The van der Waals surface area contributed by atoms with Crippen LogP contribution in [-0.2, 0) is 0 Å². The molecule has 0 aliphatic carbocycles. The number of nitrogens with one attached hydrogen (secondary N) is 1. The number of halogens is 1. The zero-order valence-electron chi connectivity index (χ0n) is 12.8. The Morgan fingerprint density at radius 1 is 1.27 bits per heavy atom. The fraction of sp³-hybridized carbons (Fsp3) is 0.235. The van der Waals surface area contributed by atoms with Crippen LogP contribution in [0.5, 0.6) is 5.75 Å². The van der Waals surface area contributed by atoms with Gasteiger partial charge in [0.25, 0.3) is 5.91 Å². The Bertz CT molecular complexity index is 676. The first-order valence-electron chi connectivity index (χ1n) is 7.00. The zero-order valence-corrected chi connectivity index (χ0v) is 14.4. The number of ether oxygens (including phenoxy) is 1. The zero-order chi connectivity index (χ0) is 16.3. The summed E-state index contributed by atoms with van der Waals surface area (Å²) >= 11 is 3.43. The number of hydrogen-bond acceptors (Lipinski definition) is 3. The molecule has 3 N–H and O–H groups in total. The Morgan fingerprint density at radius 2 is 2.00 bits per heavy atom. The van der Waals surface area contributed by atoms with Gasteiger partial charge in [0.1, 0.15) is 5.75 Å². The number of nitrogens with two attached hydrogens (primary N) is 1. The number of hydrogen-bond donors (Lipinski definition) is 2. The number of anilines is 2. The van der Waals surface area contributed by atoms with Crippen molar-refractivity contribution < 1.29 is 9.53 Å². The van der Waals surface area contributed by atoms with E-state index in [1.54, 1.807) is 24.3 Å². The maximum atomic E-state index is 12.4. The van der Waals surface area contributed by atoms with Crippen LogP contribution in [0.2, 0.25) is 0 Å². The molecule has 116 valence electrons. The van der Waals surface area contributed by atoms with Gasteiger partial charge >= 0.3 is 0 Å². The molecule has 5 heteroatoms. The van der Waals surface area contributed by atoms with Gasteiger partial charge in [-0.1, -0.05) is 6.07 Å². The first-order chi connectivity index (χ1) is 10.4. The summed E-state index contributed by atoms with van der Waals surface area (Å²) in [5, 5.41) is 2.91. The molecule has 2 aromatic rings. The molecule has 4 nitrogen and oxygen atoms in total. The molecular weight excluding hydrogens is 344 g/mol. The molecule has 0 spiro atoms. The summed E-state index contributed by atoms with van der Waals surface area (Å²) in [5.74, 6) is 0.485. The monoisotopic (exact) mass is 362 g/mol. The van der Waals surface area contributed by atoms with Crippen LogP contribution < -0.4 is 15.8 Å². The molecule has 0 atom stereocenters. The van der Waals surface area contributed by atoms with E-state index in [0.717, 1.165) is 15.7 Å². The van der Waals surface area contributed by atoms with Gasteiger partial charge in [0.05, 0.1) is 11.8 Å². The van der Waals surface area contributed by atoms with Crippen molar-refractivity contribution in [3.8, 4) is 5.75 Å². The van der Waals surface area contributed by atoms with E-state index < -0.39 is 0 Å². The number of benzene rings is 2. The number of aryl methyl sites for hydroxylation is 1. The van der Waals surface area contributed by atoms with Crippen LogP contribution in [0, 0.1) is 6.92 Å². The lowest BCUT2D eigenvalue weighted by Crippen LogP contribution is -2.14. The number of nitrogen functional groups attached to an aromatic ring is 1. The van der Waals surface area contributed by atoms with Gasteiger partial charge in [-0.3, -0.25) is 4.79 Å². The molecule has 0 saturated carbocycles. The molecule has 0 aliphatic rings. The van der Waals surface area contributed by atoms with Gasteiger partial charge < -0.3 is 15.8 Å². The summed E-state index contributed by atoms with van der Waals surface area (Å²) in [6.45, 7) is 5.79. The first-order valence-corrected chi connectivity index (χ1v) is 7.80. The number of amides is 1. The molecule has 2 rings (SSSR count). The maximum absolute atomic E-state index is 12.4. The topological polar surface area (TPSA) is 64.3 Å². The second-order valence-corrected chi connectivity index (χ2v) is 6.20. The Hall–Kier alpha value is -2.01. The van der Waals surface area contributed by atoms with Gasteiger partial charge in [0.15, 0.2) is 0 Å². The van der Waals surface area contributed by atoms with Gasteiger partial charge in [-0.15, -0.1) is 0 Å². The van der Waals surface area contributed by atoms with Crippen molar-refractivity contribution in [1.29, 1.82) is 0 Å². The molecule has 0 unspecified atom stereocenters. The summed E-state index contributed by atoms with van der Waals surface area (Å²) in [7, 11) is 0. The van der Waals surface area contributed by atoms with E-state index in [0.29, 0.717) is 17.0 Å². The molecule has 0 heterocycles. The van der Waals surface area contributed by atoms with Crippen LogP contribution >= 0.6 is 15.9 Å². The normalized spacial score (nSPS) is 10.6. The van der Waals surface area contributed by atoms with E-state index in [-0.39, 0.29) is 12.0 Å². The fourth-order valence-corrected chi connectivity index (χ4v) is 2.77. The van der Waals surface area contributed by atoms with Crippen LogP contribution in [0.3, 0.4) is 0 Å². The highest BCUT2D eigenvalue weighted by Crippen LogP contribution is 2.29. The molecule has 1 amide bonds. The highest BCUT2D eigenvalue weighted by molar-refractivity contribution is 9.10. The van der Waals surface area contributed by atoms with Crippen molar-refractivity contribution in [2.45, 2.75) is 26.9 Å². The first kappa shape index (κ1) is 16.4. The van der Waals surface area contributed by atoms with Crippen molar-refractivity contribution in [2.75, 3.05) is 11.1 Å². The van der Waals surface area contributed by atoms with Crippen molar-refractivity contribution in [3.05, 3.63) is 52.0 Å². The SMILES string of the molecule is Cc1cc(N)cc(Br)c1NC(=O)c1cccc(OC(C)C)c1. The molecule has 0 aromatic heterocycles. The smallest absolute Gasteiger partial charge is 0.255 e. The third-order valence-corrected chi connectivity index (χ3v) is 3.64. The summed E-state index contributed by atoms with van der Waals surface area (Å²) < 4.78 is 6.37. The van der Waals surface area contributed by atoms with Crippen molar-refractivity contribution >= 4 is 33.2 Å². The average molecular weight is 363 g/mol. The lowest BCUT2D eigenvalue weighted by molar-refractivity contribution is 0.102. The standard InChI is InChI=1S/C17H19BrN2O2/c1-10(2)22-14-6-4-5-12(8-14)17(21)20-16-11(3)7-13(19)9-15(16)18/h4-10H,19H2,1-3H3,(H,20,21). The van der Waals surface area contributed by atoms with Crippen molar-refractivity contribution in [2.24, 2.45) is 0 Å². The van der Waals surface area contributed by atoms with Gasteiger partial charge in [0, 0.05) is 15.7 Å². The van der Waals surface area contributed by atoms with E-state index in [1.807, 2.05) is 32.9 Å². The van der Waals surface area contributed by atoms with Gasteiger partial charge in [-0.2, -0.15) is 0 Å². The number of rotatable bonds is 4. The van der Waals surface area contributed by atoms with E-state index in [2.05, 4.69) is 21.2 Å². The van der Waals surface area contributed by atoms with Gasteiger partial charge in [-0.25, -0.2) is 0 Å². The van der Waals surface area contributed by atoms with E-state index in [4.69, 9.17) is 10.5 Å². The molecule has 0 aliphatic heterocycles. The molecule has 2 aromatic carbocycles. The van der Waals surface area contributed by atoms with Crippen LogP contribution in [0.15, 0.2) is 40.9 Å². The number of carbonyl (C=O) groups is 1. The van der Waals surface area contributed by atoms with E-state index in [1.165, 1.54) is 0 Å². The Labute approximate surface area is 138 Å². The average Bonchev–Trinajstić information content (AvgIpc) is 2.42. The summed E-state index contributed by atoms with van der Waals surface area (Å²) in [6, 6.07) is 10.7. The fourth-order valence-electron chi connectivity index (χ4n) is 2.10.